The zero-order chi connectivity index (χ0) is 20.1. The summed E-state index contributed by atoms with van der Waals surface area (Å²) in [5, 5.41) is 12.2. The second-order valence-electron chi connectivity index (χ2n) is 10.2. The number of carbonyl (C=O) groups excluding carboxylic acids is 1. The average molecular weight is 403 g/mol. The van der Waals surface area contributed by atoms with E-state index >= 15 is 0 Å². The summed E-state index contributed by atoms with van der Waals surface area (Å²) in [6.07, 6.45) is 9.80. The second kappa shape index (κ2) is 7.07. The van der Waals surface area contributed by atoms with Gasteiger partial charge in [-0.3, -0.25) is 4.79 Å². The molecule has 1 aromatic heterocycles. The third-order valence-electron chi connectivity index (χ3n) is 8.02. The number of amides is 1. The molecule has 5 heteroatoms. The summed E-state index contributed by atoms with van der Waals surface area (Å²) in [6.45, 7) is 2.14. The summed E-state index contributed by atoms with van der Waals surface area (Å²) in [5.74, 6) is 3.53. The fourth-order valence-electron chi connectivity index (χ4n) is 7.00. The van der Waals surface area contributed by atoms with Gasteiger partial charge in [-0.05, 0) is 93.4 Å². The number of nitrogens with zero attached hydrogens (tertiary/aromatic N) is 3. The van der Waals surface area contributed by atoms with E-state index in [0.717, 1.165) is 72.9 Å². The molecule has 0 radical (unpaired) electrons. The third kappa shape index (κ3) is 3.19. The highest BCUT2D eigenvalue weighted by Gasteiger charge is 2.54. The molecule has 0 spiro atoms. The third-order valence-corrected chi connectivity index (χ3v) is 8.02. The van der Waals surface area contributed by atoms with Crippen LogP contribution in [0.3, 0.4) is 0 Å². The van der Waals surface area contributed by atoms with Crippen molar-refractivity contribution in [1.29, 1.82) is 0 Å². The molecule has 5 nitrogen and oxygen atoms in total. The minimum Gasteiger partial charge on any atom is -0.355 e. The van der Waals surface area contributed by atoms with E-state index < -0.39 is 0 Å². The quantitative estimate of drug-likeness (QED) is 0.790. The molecule has 1 aromatic carbocycles. The smallest absolute Gasteiger partial charge is 0.230 e. The normalized spacial score (nSPS) is 31.9. The van der Waals surface area contributed by atoms with Crippen molar-refractivity contribution in [2.45, 2.75) is 51.4 Å². The van der Waals surface area contributed by atoms with E-state index in [1.54, 1.807) is 0 Å². The fourth-order valence-corrected chi connectivity index (χ4v) is 7.00. The van der Waals surface area contributed by atoms with Gasteiger partial charge in [0.15, 0.2) is 5.82 Å². The minimum absolute atomic E-state index is 0.123. The van der Waals surface area contributed by atoms with Crippen molar-refractivity contribution in [2.75, 3.05) is 23.3 Å². The zero-order valence-electron chi connectivity index (χ0n) is 17.5. The van der Waals surface area contributed by atoms with Crippen LogP contribution in [-0.4, -0.2) is 29.2 Å². The van der Waals surface area contributed by atoms with Crippen LogP contribution in [0.1, 0.15) is 51.4 Å². The Kier molecular flexibility index (Phi) is 4.32. The Hall–Kier alpha value is -2.43. The molecule has 1 amide bonds. The molecule has 5 aliphatic rings. The van der Waals surface area contributed by atoms with Crippen LogP contribution in [0.15, 0.2) is 36.4 Å². The number of carbonyl (C=O) groups is 1. The molecular formula is C25H30N4O. The van der Waals surface area contributed by atoms with Crippen LogP contribution >= 0.6 is 0 Å². The van der Waals surface area contributed by atoms with Gasteiger partial charge in [0.2, 0.25) is 5.91 Å². The summed E-state index contributed by atoms with van der Waals surface area (Å²) in [7, 11) is 0. The van der Waals surface area contributed by atoms with Gasteiger partial charge in [0.05, 0.1) is 11.1 Å². The van der Waals surface area contributed by atoms with Gasteiger partial charge in [0.1, 0.15) is 0 Å². The first-order valence-corrected chi connectivity index (χ1v) is 11.7. The Morgan fingerprint density at radius 1 is 0.933 bits per heavy atom. The first kappa shape index (κ1) is 18.3. The van der Waals surface area contributed by atoms with Crippen molar-refractivity contribution in [3.05, 3.63) is 36.4 Å². The van der Waals surface area contributed by atoms with Crippen molar-refractivity contribution in [1.82, 2.24) is 10.2 Å². The summed E-state index contributed by atoms with van der Waals surface area (Å²) < 4.78 is 0. The zero-order valence-corrected chi connectivity index (χ0v) is 17.5. The van der Waals surface area contributed by atoms with Crippen LogP contribution in [-0.2, 0) is 4.79 Å². The van der Waals surface area contributed by atoms with E-state index in [1.807, 2.05) is 30.3 Å². The van der Waals surface area contributed by atoms with E-state index in [-0.39, 0.29) is 11.3 Å². The minimum atomic E-state index is -0.123. The largest absolute Gasteiger partial charge is 0.355 e. The van der Waals surface area contributed by atoms with Gasteiger partial charge in [0.25, 0.3) is 0 Å². The molecule has 4 bridgehead atoms. The summed E-state index contributed by atoms with van der Waals surface area (Å²) >= 11 is 0. The first-order chi connectivity index (χ1) is 14.7. The highest BCUT2D eigenvalue weighted by atomic mass is 16.2. The van der Waals surface area contributed by atoms with Crippen LogP contribution in [0.5, 0.6) is 0 Å². The molecule has 0 unspecified atom stereocenters. The van der Waals surface area contributed by atoms with E-state index in [9.17, 15) is 4.79 Å². The number of benzene rings is 1. The topological polar surface area (TPSA) is 58.1 Å². The highest BCUT2D eigenvalue weighted by molar-refractivity contribution is 5.96. The van der Waals surface area contributed by atoms with Gasteiger partial charge in [-0.1, -0.05) is 12.1 Å². The fraction of sp³-hybridized carbons (Fsp3) is 0.560. The number of rotatable bonds is 4. The van der Waals surface area contributed by atoms with Gasteiger partial charge in [-0.2, -0.15) is 0 Å². The van der Waals surface area contributed by atoms with Crippen LogP contribution in [0.25, 0.3) is 11.3 Å². The molecule has 4 aliphatic carbocycles. The maximum Gasteiger partial charge on any atom is 0.230 e. The molecule has 2 aromatic rings. The Morgan fingerprint density at radius 3 is 2.27 bits per heavy atom. The molecule has 1 aliphatic heterocycles. The summed E-state index contributed by atoms with van der Waals surface area (Å²) in [6, 6.07) is 12.2. The van der Waals surface area contributed by atoms with Gasteiger partial charge in [-0.15, -0.1) is 10.2 Å². The lowest BCUT2D eigenvalue weighted by Gasteiger charge is -2.55. The van der Waals surface area contributed by atoms with Crippen LogP contribution in [0.2, 0.25) is 0 Å². The Labute approximate surface area is 178 Å². The predicted octanol–water partition coefficient (Wildman–Crippen LogP) is 4.90. The second-order valence-corrected chi connectivity index (χ2v) is 10.2. The molecule has 156 valence electrons. The van der Waals surface area contributed by atoms with E-state index in [4.69, 9.17) is 0 Å². The van der Waals surface area contributed by atoms with Crippen molar-refractivity contribution < 1.29 is 4.79 Å². The average Bonchev–Trinajstić information content (AvgIpc) is 3.28. The Balaban J connectivity index is 1.19. The lowest BCUT2D eigenvalue weighted by Crippen LogP contribution is -2.51. The molecule has 30 heavy (non-hydrogen) atoms. The number of anilines is 2. The SMILES string of the molecule is O=C(Nc1cccc(-c2ccc(N3CCCC3)nn2)c1)C12CC3CC(CC(C3)C1)C2. The number of hydrogen-bond acceptors (Lipinski definition) is 4. The van der Waals surface area contributed by atoms with Crippen molar-refractivity contribution >= 4 is 17.4 Å². The Bertz CT molecular complexity index is 913. The van der Waals surface area contributed by atoms with Crippen molar-refractivity contribution in [3.63, 3.8) is 0 Å². The maximum absolute atomic E-state index is 13.4. The molecule has 1 N–H and O–H groups in total. The lowest BCUT2D eigenvalue weighted by molar-refractivity contribution is -0.140. The van der Waals surface area contributed by atoms with E-state index in [2.05, 4.69) is 26.5 Å². The summed E-state index contributed by atoms with van der Waals surface area (Å²) in [4.78, 5) is 15.7. The highest BCUT2D eigenvalue weighted by Crippen LogP contribution is 2.60. The van der Waals surface area contributed by atoms with E-state index in [1.165, 1.54) is 32.1 Å². The maximum atomic E-state index is 13.4. The van der Waals surface area contributed by atoms with Gasteiger partial charge in [0, 0.05) is 24.3 Å². The summed E-state index contributed by atoms with van der Waals surface area (Å²) in [5.41, 5.74) is 2.60. The molecule has 2 heterocycles. The first-order valence-electron chi connectivity index (χ1n) is 11.7. The van der Waals surface area contributed by atoms with Crippen LogP contribution in [0.4, 0.5) is 11.5 Å². The monoisotopic (exact) mass is 402 g/mol. The van der Waals surface area contributed by atoms with Crippen LogP contribution < -0.4 is 10.2 Å². The van der Waals surface area contributed by atoms with Crippen LogP contribution in [0, 0.1) is 23.2 Å². The van der Waals surface area contributed by atoms with Gasteiger partial charge < -0.3 is 10.2 Å². The number of aromatic nitrogens is 2. The van der Waals surface area contributed by atoms with Gasteiger partial charge in [-0.25, -0.2) is 0 Å². The molecular weight excluding hydrogens is 372 g/mol. The lowest BCUT2D eigenvalue weighted by atomic mass is 9.49. The molecule has 5 fully saturated rings. The van der Waals surface area contributed by atoms with Crippen molar-refractivity contribution in [2.24, 2.45) is 23.2 Å². The Morgan fingerprint density at radius 2 is 1.63 bits per heavy atom. The molecule has 0 atom stereocenters. The molecule has 4 saturated carbocycles. The standard InChI is InChI=1S/C25H30N4O/c30-24(25-14-17-10-18(15-25)12-19(11-17)16-25)26-21-5-3-4-20(13-21)22-6-7-23(28-27-22)29-8-1-2-9-29/h3-7,13,17-19H,1-2,8-12,14-16H2,(H,26,30). The predicted molar refractivity (Wildman–Crippen MR) is 118 cm³/mol. The van der Waals surface area contributed by atoms with Gasteiger partial charge >= 0.3 is 0 Å². The van der Waals surface area contributed by atoms with Crippen molar-refractivity contribution in [3.8, 4) is 11.3 Å². The number of nitrogens with one attached hydrogen (secondary N) is 1. The molecule has 7 rings (SSSR count). The molecule has 1 saturated heterocycles. The van der Waals surface area contributed by atoms with E-state index in [0.29, 0.717) is 0 Å². The number of hydrogen-bond donors (Lipinski definition) is 1.